The van der Waals surface area contributed by atoms with E-state index in [1.165, 1.54) is 0 Å². The van der Waals surface area contributed by atoms with Gasteiger partial charge in [0.05, 0.1) is 0 Å². The molecule has 0 bridgehead atoms. The Morgan fingerprint density at radius 3 is 2.91 bits per heavy atom. The number of carbonyl (C=O) groups excluding carboxylic acids is 1. The standard InChI is InChI=1S/C8H15NO2/c10-6-2-1-3-7-4-5-8(11)9-7/h7,10H,1-6H2,(H,9,11). The molecule has 1 rings (SSSR count). The molecule has 1 aliphatic rings. The van der Waals surface area contributed by atoms with Crippen LogP contribution in [0, 0.1) is 0 Å². The summed E-state index contributed by atoms with van der Waals surface area (Å²) in [5.41, 5.74) is 0. The van der Waals surface area contributed by atoms with Crippen LogP contribution in [0.25, 0.3) is 0 Å². The van der Waals surface area contributed by atoms with Crippen LogP contribution in [-0.4, -0.2) is 23.7 Å². The maximum Gasteiger partial charge on any atom is 0.220 e. The lowest BCUT2D eigenvalue weighted by molar-refractivity contribution is -0.119. The summed E-state index contributed by atoms with van der Waals surface area (Å²) in [6, 6.07) is 0.383. The molecule has 1 unspecified atom stereocenters. The Bertz CT molecular complexity index is 136. The molecule has 1 aliphatic heterocycles. The minimum absolute atomic E-state index is 0.180. The molecule has 11 heavy (non-hydrogen) atoms. The third-order valence-electron chi connectivity index (χ3n) is 2.05. The summed E-state index contributed by atoms with van der Waals surface area (Å²) in [7, 11) is 0. The van der Waals surface area contributed by atoms with Gasteiger partial charge in [-0.1, -0.05) is 0 Å². The maximum atomic E-state index is 10.7. The summed E-state index contributed by atoms with van der Waals surface area (Å²) in [4.78, 5) is 10.7. The Labute approximate surface area is 66.8 Å². The lowest BCUT2D eigenvalue weighted by atomic mass is 10.1. The van der Waals surface area contributed by atoms with Gasteiger partial charge in [-0.3, -0.25) is 4.79 Å². The van der Waals surface area contributed by atoms with Crippen LogP contribution >= 0.6 is 0 Å². The van der Waals surface area contributed by atoms with E-state index in [4.69, 9.17) is 5.11 Å². The molecule has 2 N–H and O–H groups in total. The minimum Gasteiger partial charge on any atom is -0.396 e. The molecule has 0 spiro atoms. The molecule has 0 aromatic heterocycles. The van der Waals surface area contributed by atoms with E-state index < -0.39 is 0 Å². The fraction of sp³-hybridized carbons (Fsp3) is 0.875. The molecule has 0 aliphatic carbocycles. The van der Waals surface area contributed by atoms with E-state index in [0.29, 0.717) is 12.5 Å². The number of hydrogen-bond donors (Lipinski definition) is 2. The first-order valence-electron chi connectivity index (χ1n) is 4.23. The van der Waals surface area contributed by atoms with Gasteiger partial charge in [0.1, 0.15) is 0 Å². The molecule has 0 aromatic carbocycles. The van der Waals surface area contributed by atoms with Crippen molar-refractivity contribution in [1.29, 1.82) is 0 Å². The van der Waals surface area contributed by atoms with Crippen molar-refractivity contribution in [3.8, 4) is 0 Å². The van der Waals surface area contributed by atoms with E-state index in [1.807, 2.05) is 0 Å². The first-order valence-corrected chi connectivity index (χ1v) is 4.23. The molecular formula is C8H15NO2. The summed E-state index contributed by atoms with van der Waals surface area (Å²) in [6.07, 6.45) is 4.55. The minimum atomic E-state index is 0.180. The first kappa shape index (κ1) is 8.53. The number of hydrogen-bond acceptors (Lipinski definition) is 2. The van der Waals surface area contributed by atoms with Gasteiger partial charge in [-0.2, -0.15) is 0 Å². The smallest absolute Gasteiger partial charge is 0.220 e. The van der Waals surface area contributed by atoms with Crippen LogP contribution in [0.3, 0.4) is 0 Å². The van der Waals surface area contributed by atoms with Crippen LogP contribution in [-0.2, 0) is 4.79 Å². The highest BCUT2D eigenvalue weighted by Gasteiger charge is 2.19. The summed E-state index contributed by atoms with van der Waals surface area (Å²) >= 11 is 0. The molecule has 0 aromatic rings. The van der Waals surface area contributed by atoms with E-state index in [0.717, 1.165) is 25.7 Å². The van der Waals surface area contributed by atoms with Gasteiger partial charge in [0, 0.05) is 19.1 Å². The maximum absolute atomic E-state index is 10.7. The second-order valence-electron chi connectivity index (χ2n) is 3.02. The Morgan fingerprint density at radius 1 is 1.55 bits per heavy atom. The van der Waals surface area contributed by atoms with Gasteiger partial charge in [0.25, 0.3) is 0 Å². The van der Waals surface area contributed by atoms with Crippen molar-refractivity contribution < 1.29 is 9.90 Å². The van der Waals surface area contributed by atoms with Crippen LogP contribution in [0.1, 0.15) is 32.1 Å². The van der Waals surface area contributed by atoms with Crippen molar-refractivity contribution in [3.63, 3.8) is 0 Å². The zero-order valence-electron chi connectivity index (χ0n) is 6.68. The lowest BCUT2D eigenvalue weighted by Crippen LogP contribution is -2.24. The fourth-order valence-electron chi connectivity index (χ4n) is 1.40. The van der Waals surface area contributed by atoms with Gasteiger partial charge in [0.2, 0.25) is 5.91 Å². The normalized spacial score (nSPS) is 23.7. The van der Waals surface area contributed by atoms with E-state index in [-0.39, 0.29) is 12.5 Å². The number of carbonyl (C=O) groups is 1. The quantitative estimate of drug-likeness (QED) is 0.581. The highest BCUT2D eigenvalue weighted by Crippen LogP contribution is 2.12. The van der Waals surface area contributed by atoms with Gasteiger partial charge in [-0.15, -0.1) is 0 Å². The van der Waals surface area contributed by atoms with E-state index >= 15 is 0 Å². The van der Waals surface area contributed by atoms with Crippen molar-refractivity contribution in [2.45, 2.75) is 38.1 Å². The Kier molecular flexibility index (Phi) is 3.36. The zero-order chi connectivity index (χ0) is 8.10. The van der Waals surface area contributed by atoms with E-state index in [9.17, 15) is 4.79 Å². The summed E-state index contributed by atoms with van der Waals surface area (Å²) in [5, 5.41) is 11.4. The fourth-order valence-corrected chi connectivity index (χ4v) is 1.40. The predicted octanol–water partition coefficient (Wildman–Crippen LogP) is 0.428. The van der Waals surface area contributed by atoms with Crippen molar-refractivity contribution in [2.24, 2.45) is 0 Å². The molecule has 1 heterocycles. The van der Waals surface area contributed by atoms with Gasteiger partial charge in [-0.05, 0) is 25.7 Å². The third kappa shape index (κ3) is 2.89. The number of aliphatic hydroxyl groups excluding tert-OH is 1. The highest BCUT2D eigenvalue weighted by molar-refractivity contribution is 5.78. The van der Waals surface area contributed by atoms with Gasteiger partial charge in [-0.25, -0.2) is 0 Å². The number of unbranched alkanes of at least 4 members (excludes halogenated alkanes) is 1. The molecule has 1 amide bonds. The number of amides is 1. The second kappa shape index (κ2) is 4.34. The molecule has 64 valence electrons. The summed E-state index contributed by atoms with van der Waals surface area (Å²) in [5.74, 6) is 0.180. The van der Waals surface area contributed by atoms with Crippen LogP contribution in [0.5, 0.6) is 0 Å². The SMILES string of the molecule is O=C1CCC(CCCCO)N1. The second-order valence-corrected chi connectivity index (χ2v) is 3.02. The highest BCUT2D eigenvalue weighted by atomic mass is 16.2. The molecule has 0 saturated carbocycles. The summed E-state index contributed by atoms with van der Waals surface area (Å²) < 4.78 is 0. The Hall–Kier alpha value is -0.570. The largest absolute Gasteiger partial charge is 0.396 e. The van der Waals surface area contributed by atoms with Crippen LogP contribution in [0.15, 0.2) is 0 Å². The first-order chi connectivity index (χ1) is 5.33. The summed E-state index contributed by atoms with van der Waals surface area (Å²) in [6.45, 7) is 0.265. The van der Waals surface area contributed by atoms with Crippen LogP contribution < -0.4 is 5.32 Å². The lowest BCUT2D eigenvalue weighted by Gasteiger charge is -2.07. The van der Waals surface area contributed by atoms with Crippen LogP contribution in [0.2, 0.25) is 0 Å². The number of rotatable bonds is 4. The van der Waals surface area contributed by atoms with Crippen molar-refractivity contribution >= 4 is 5.91 Å². The predicted molar refractivity (Wildman–Crippen MR) is 42.1 cm³/mol. The molecule has 3 nitrogen and oxygen atoms in total. The van der Waals surface area contributed by atoms with Crippen LogP contribution in [0.4, 0.5) is 0 Å². The van der Waals surface area contributed by atoms with E-state index in [1.54, 1.807) is 0 Å². The zero-order valence-corrected chi connectivity index (χ0v) is 6.68. The van der Waals surface area contributed by atoms with Crippen molar-refractivity contribution in [1.82, 2.24) is 5.32 Å². The molecule has 1 fully saturated rings. The molecule has 1 saturated heterocycles. The molecule has 0 radical (unpaired) electrons. The van der Waals surface area contributed by atoms with Crippen molar-refractivity contribution in [3.05, 3.63) is 0 Å². The van der Waals surface area contributed by atoms with Gasteiger partial charge in [0.15, 0.2) is 0 Å². The molecule has 1 atom stereocenters. The molecule has 3 heteroatoms. The Morgan fingerprint density at radius 2 is 2.36 bits per heavy atom. The topological polar surface area (TPSA) is 49.3 Å². The Balaban J connectivity index is 2.04. The van der Waals surface area contributed by atoms with E-state index in [2.05, 4.69) is 5.32 Å². The number of aliphatic hydroxyl groups is 1. The van der Waals surface area contributed by atoms with Crippen molar-refractivity contribution in [2.75, 3.05) is 6.61 Å². The number of nitrogens with one attached hydrogen (secondary N) is 1. The monoisotopic (exact) mass is 157 g/mol. The van der Waals surface area contributed by atoms with Gasteiger partial charge >= 0.3 is 0 Å². The third-order valence-corrected chi connectivity index (χ3v) is 2.05. The average Bonchev–Trinajstić information content (AvgIpc) is 2.37. The average molecular weight is 157 g/mol. The van der Waals surface area contributed by atoms with Gasteiger partial charge < -0.3 is 10.4 Å². The molecular weight excluding hydrogens is 142 g/mol.